The Labute approximate surface area is 193 Å². The zero-order valence-corrected chi connectivity index (χ0v) is 19.9. The lowest BCUT2D eigenvalue weighted by atomic mass is 10.1. The number of hydrogen-bond acceptors (Lipinski definition) is 6. The molecule has 1 saturated heterocycles. The van der Waals surface area contributed by atoms with Crippen LogP contribution in [0.2, 0.25) is 0 Å². The lowest BCUT2D eigenvalue weighted by Crippen LogP contribution is -2.40. The van der Waals surface area contributed by atoms with Gasteiger partial charge in [-0.1, -0.05) is 35.5 Å². The van der Waals surface area contributed by atoms with Crippen molar-refractivity contribution in [2.24, 2.45) is 4.99 Å². The summed E-state index contributed by atoms with van der Waals surface area (Å²) < 4.78 is 32.3. The number of amides is 1. The zero-order valence-electron chi connectivity index (χ0n) is 18.3. The van der Waals surface area contributed by atoms with Crippen LogP contribution in [0.25, 0.3) is 0 Å². The number of morpholine rings is 1. The van der Waals surface area contributed by atoms with Gasteiger partial charge in [0.05, 0.1) is 24.7 Å². The summed E-state index contributed by atoms with van der Waals surface area (Å²) in [5.74, 6) is 0.581. The number of thioether (sulfide) groups is 1. The molecule has 0 bridgehead atoms. The maximum absolute atomic E-state index is 13.1. The van der Waals surface area contributed by atoms with E-state index in [4.69, 9.17) is 4.74 Å². The van der Waals surface area contributed by atoms with Gasteiger partial charge in [-0.2, -0.15) is 4.31 Å². The molecule has 2 aliphatic rings. The van der Waals surface area contributed by atoms with Gasteiger partial charge in [-0.3, -0.25) is 14.7 Å². The third kappa shape index (κ3) is 4.91. The van der Waals surface area contributed by atoms with Gasteiger partial charge in [0.1, 0.15) is 0 Å². The Balaban J connectivity index is 1.44. The summed E-state index contributed by atoms with van der Waals surface area (Å²) >= 11 is 1.56. The average molecular weight is 474 g/mol. The Morgan fingerprint density at radius 2 is 1.78 bits per heavy atom. The second-order valence-corrected chi connectivity index (χ2v) is 10.8. The van der Waals surface area contributed by atoms with Crippen molar-refractivity contribution in [3.8, 4) is 0 Å². The van der Waals surface area contributed by atoms with Gasteiger partial charge in [0.15, 0.2) is 5.17 Å². The molecule has 0 N–H and O–H groups in total. The molecule has 1 amide bonds. The van der Waals surface area contributed by atoms with Crippen molar-refractivity contribution in [2.45, 2.75) is 24.5 Å². The zero-order chi connectivity index (χ0) is 22.7. The molecule has 2 aliphatic heterocycles. The predicted molar refractivity (Wildman–Crippen MR) is 127 cm³/mol. The van der Waals surface area contributed by atoms with Crippen LogP contribution in [0, 0.1) is 13.8 Å². The molecule has 170 valence electrons. The summed E-state index contributed by atoms with van der Waals surface area (Å²) in [6.07, 6.45) is 0. The average Bonchev–Trinajstić information content (AvgIpc) is 3.28. The molecule has 2 aromatic carbocycles. The first-order chi connectivity index (χ1) is 15.4. The van der Waals surface area contributed by atoms with Gasteiger partial charge in [-0.25, -0.2) is 8.42 Å². The molecule has 32 heavy (non-hydrogen) atoms. The summed E-state index contributed by atoms with van der Waals surface area (Å²) in [6.45, 7) is 6.73. The molecule has 1 fully saturated rings. The molecule has 0 unspecified atom stereocenters. The van der Waals surface area contributed by atoms with Crippen LogP contribution < -0.4 is 0 Å². The smallest absolute Gasteiger partial charge is 0.259 e. The van der Waals surface area contributed by atoms with E-state index in [2.05, 4.69) is 37.0 Å². The number of hydrogen-bond donors (Lipinski definition) is 0. The van der Waals surface area contributed by atoms with E-state index in [0.717, 1.165) is 5.75 Å². The Bertz CT molecular complexity index is 1120. The van der Waals surface area contributed by atoms with Gasteiger partial charge < -0.3 is 4.74 Å². The molecule has 2 heterocycles. The van der Waals surface area contributed by atoms with Crippen molar-refractivity contribution < 1.29 is 17.9 Å². The molecule has 0 radical (unpaired) electrons. The number of nitrogens with zero attached hydrogens (tertiary/aromatic N) is 3. The van der Waals surface area contributed by atoms with Crippen LogP contribution in [0.15, 0.2) is 52.4 Å². The molecule has 0 aliphatic carbocycles. The van der Waals surface area contributed by atoms with Crippen LogP contribution in [0.4, 0.5) is 0 Å². The molecule has 7 nitrogen and oxygen atoms in total. The highest BCUT2D eigenvalue weighted by Crippen LogP contribution is 2.24. The number of amidine groups is 1. The van der Waals surface area contributed by atoms with Crippen molar-refractivity contribution in [1.82, 2.24) is 9.21 Å². The highest BCUT2D eigenvalue weighted by atomic mass is 32.2. The van der Waals surface area contributed by atoms with Crippen LogP contribution in [-0.2, 0) is 20.5 Å². The van der Waals surface area contributed by atoms with Crippen molar-refractivity contribution in [3.05, 3.63) is 64.7 Å². The fraction of sp³-hybridized carbons (Fsp3) is 0.391. The van der Waals surface area contributed by atoms with E-state index in [1.165, 1.54) is 33.1 Å². The minimum atomic E-state index is -3.58. The maximum Gasteiger partial charge on any atom is 0.259 e. The van der Waals surface area contributed by atoms with Crippen LogP contribution >= 0.6 is 11.8 Å². The summed E-state index contributed by atoms with van der Waals surface area (Å²) in [4.78, 5) is 19.5. The maximum atomic E-state index is 13.1. The van der Waals surface area contributed by atoms with Crippen LogP contribution in [0.1, 0.15) is 27.0 Å². The van der Waals surface area contributed by atoms with E-state index >= 15 is 0 Å². The second-order valence-electron chi connectivity index (χ2n) is 7.88. The molecular formula is C23H27N3O4S2. The molecule has 2 aromatic rings. The molecule has 0 atom stereocenters. The summed E-state index contributed by atoms with van der Waals surface area (Å²) in [6, 6.07) is 12.5. The quantitative estimate of drug-likeness (QED) is 0.667. The number of carbonyl (C=O) groups excluding carboxylic acids is 1. The van der Waals surface area contributed by atoms with E-state index in [1.807, 2.05) is 0 Å². The number of aryl methyl sites for hydroxylation is 2. The van der Waals surface area contributed by atoms with E-state index < -0.39 is 10.0 Å². The fourth-order valence-electron chi connectivity index (χ4n) is 3.70. The number of ether oxygens (including phenoxy) is 1. The van der Waals surface area contributed by atoms with Crippen molar-refractivity contribution in [1.29, 1.82) is 0 Å². The Hall–Kier alpha value is -2.20. The van der Waals surface area contributed by atoms with Gasteiger partial charge in [-0.15, -0.1) is 0 Å². The normalized spacial score (nSPS) is 17.4. The highest BCUT2D eigenvalue weighted by molar-refractivity contribution is 8.13. The topological polar surface area (TPSA) is 79.3 Å². The van der Waals surface area contributed by atoms with Gasteiger partial charge in [0.2, 0.25) is 10.0 Å². The highest BCUT2D eigenvalue weighted by Gasteiger charge is 2.28. The Morgan fingerprint density at radius 1 is 1.06 bits per heavy atom. The van der Waals surface area contributed by atoms with Gasteiger partial charge in [0, 0.05) is 31.0 Å². The predicted octanol–water partition coefficient (Wildman–Crippen LogP) is 3.07. The lowest BCUT2D eigenvalue weighted by molar-refractivity contribution is 0.0730. The minimum Gasteiger partial charge on any atom is -0.379 e. The number of rotatable bonds is 5. The molecule has 9 heteroatoms. The summed E-state index contributed by atoms with van der Waals surface area (Å²) in [7, 11) is -3.58. The second kappa shape index (κ2) is 9.74. The summed E-state index contributed by atoms with van der Waals surface area (Å²) in [5.41, 5.74) is 4.11. The molecular weight excluding hydrogens is 446 g/mol. The van der Waals surface area contributed by atoms with Crippen LogP contribution in [0.3, 0.4) is 0 Å². The largest absolute Gasteiger partial charge is 0.379 e. The first-order valence-corrected chi connectivity index (χ1v) is 13.0. The molecule has 0 saturated carbocycles. The summed E-state index contributed by atoms with van der Waals surface area (Å²) in [5, 5.41) is 0.709. The van der Waals surface area contributed by atoms with Crippen molar-refractivity contribution in [2.75, 3.05) is 39.4 Å². The SMILES string of the molecule is Cc1ccc(C)c(CSC2=NCCN2C(=O)c2ccc(S(=O)(=O)N3CCOCC3)cc2)c1. The molecule has 0 aromatic heterocycles. The van der Waals surface area contributed by atoms with Crippen molar-refractivity contribution in [3.63, 3.8) is 0 Å². The fourth-order valence-corrected chi connectivity index (χ4v) is 6.21. The Morgan fingerprint density at radius 3 is 2.50 bits per heavy atom. The number of aliphatic imine (C=N–C) groups is 1. The van der Waals surface area contributed by atoms with E-state index in [1.54, 1.807) is 28.8 Å². The Kier molecular flexibility index (Phi) is 6.99. The van der Waals surface area contributed by atoms with E-state index in [0.29, 0.717) is 50.1 Å². The van der Waals surface area contributed by atoms with E-state index in [9.17, 15) is 13.2 Å². The first-order valence-electron chi connectivity index (χ1n) is 10.6. The molecule has 0 spiro atoms. The first kappa shape index (κ1) is 23.0. The third-order valence-corrected chi connectivity index (χ3v) is 8.59. The van der Waals surface area contributed by atoms with Gasteiger partial charge in [0.25, 0.3) is 5.91 Å². The monoisotopic (exact) mass is 473 g/mol. The molecule has 4 rings (SSSR count). The third-order valence-electron chi connectivity index (χ3n) is 5.62. The number of sulfonamides is 1. The standard InChI is InChI=1S/C23H27N3O4S2/c1-17-3-4-18(2)20(15-17)16-31-23-24-9-10-26(23)22(27)19-5-7-21(8-6-19)32(28,29)25-11-13-30-14-12-25/h3-8,15H,9-14,16H2,1-2H3. The lowest BCUT2D eigenvalue weighted by Gasteiger charge is -2.26. The van der Waals surface area contributed by atoms with Crippen molar-refractivity contribution >= 4 is 32.9 Å². The number of benzene rings is 2. The van der Waals surface area contributed by atoms with Crippen LogP contribution in [-0.4, -0.2) is 68.1 Å². The number of carbonyl (C=O) groups is 1. The van der Waals surface area contributed by atoms with Gasteiger partial charge in [-0.05, 0) is 49.2 Å². The van der Waals surface area contributed by atoms with E-state index in [-0.39, 0.29) is 10.8 Å². The van der Waals surface area contributed by atoms with Gasteiger partial charge >= 0.3 is 0 Å². The van der Waals surface area contributed by atoms with Crippen LogP contribution in [0.5, 0.6) is 0 Å². The minimum absolute atomic E-state index is 0.162.